The highest BCUT2D eigenvalue weighted by molar-refractivity contribution is 6.18. The molecular formula is C8H6ClO2-. The zero-order valence-corrected chi connectivity index (χ0v) is 6.68. The largest absolute Gasteiger partial charge is 1.00 e. The van der Waals surface area contributed by atoms with Gasteiger partial charge < -0.3 is 17.1 Å². The molecule has 0 fully saturated rings. The van der Waals surface area contributed by atoms with Crippen molar-refractivity contribution in [2.24, 2.45) is 0 Å². The standard InChI is InChI=1S/C8H6O2.ClH/c1-10-7-4-5-2-3-6(7)8(5)9;/h2-4H,1H3;1H/p-1. The Morgan fingerprint density at radius 1 is 1.36 bits per heavy atom. The highest BCUT2D eigenvalue weighted by atomic mass is 35.5. The third kappa shape index (κ3) is 0.906. The van der Waals surface area contributed by atoms with Crippen LogP contribution in [0.4, 0.5) is 0 Å². The zero-order chi connectivity index (χ0) is 7.14. The Kier molecular flexibility index (Phi) is 1.87. The molecule has 0 spiro atoms. The predicted molar refractivity (Wildman–Crippen MR) is 36.3 cm³/mol. The van der Waals surface area contributed by atoms with Crippen molar-refractivity contribution in [3.05, 3.63) is 35.1 Å². The third-order valence-corrected chi connectivity index (χ3v) is 1.71. The van der Waals surface area contributed by atoms with Gasteiger partial charge in [0.05, 0.1) is 12.7 Å². The van der Waals surface area contributed by atoms with E-state index in [1.807, 2.05) is 0 Å². The fourth-order valence-corrected chi connectivity index (χ4v) is 1.18. The maximum atomic E-state index is 11.1. The molecule has 0 aromatic heterocycles. The molecule has 0 aromatic rings. The summed E-state index contributed by atoms with van der Waals surface area (Å²) in [4.78, 5) is 11.1. The number of ketones is 1. The van der Waals surface area contributed by atoms with Crippen molar-refractivity contribution < 1.29 is 21.9 Å². The van der Waals surface area contributed by atoms with Crippen LogP contribution in [-0.2, 0) is 9.53 Å². The minimum absolute atomic E-state index is 0. The van der Waals surface area contributed by atoms with E-state index in [4.69, 9.17) is 4.74 Å². The fourth-order valence-electron chi connectivity index (χ4n) is 1.18. The molecule has 0 aliphatic heterocycles. The summed E-state index contributed by atoms with van der Waals surface area (Å²) in [6.45, 7) is 0. The molecule has 11 heavy (non-hydrogen) atoms. The van der Waals surface area contributed by atoms with Gasteiger partial charge in [-0.15, -0.1) is 0 Å². The summed E-state index contributed by atoms with van der Waals surface area (Å²) in [5, 5.41) is 0. The number of allylic oxidation sites excluding steroid dienone is 5. The summed E-state index contributed by atoms with van der Waals surface area (Å²) in [6.07, 6.45) is 5.36. The normalized spacial score (nSPS) is 18.6. The lowest BCUT2D eigenvalue weighted by Crippen LogP contribution is -3.00. The molecule has 0 atom stereocenters. The number of fused-ring (bicyclic) bond motifs is 2. The lowest BCUT2D eigenvalue weighted by Gasteiger charge is -1.97. The number of ether oxygens (including phenoxy) is 1. The van der Waals surface area contributed by atoms with Crippen LogP contribution in [0.1, 0.15) is 0 Å². The molecule has 0 saturated heterocycles. The van der Waals surface area contributed by atoms with Gasteiger partial charge in [-0.2, -0.15) is 0 Å². The molecule has 58 valence electrons. The average Bonchev–Trinajstić information content (AvgIpc) is 2.46. The van der Waals surface area contributed by atoms with Crippen LogP contribution in [0.2, 0.25) is 0 Å². The van der Waals surface area contributed by atoms with Crippen molar-refractivity contribution in [3.63, 3.8) is 0 Å². The second kappa shape index (κ2) is 2.55. The van der Waals surface area contributed by atoms with Gasteiger partial charge in [-0.1, -0.05) is 6.08 Å². The van der Waals surface area contributed by atoms with Crippen molar-refractivity contribution >= 4 is 5.78 Å². The Balaban J connectivity index is 0.000000605. The Morgan fingerprint density at radius 2 is 2.09 bits per heavy atom. The molecule has 2 aliphatic carbocycles. The predicted octanol–water partition coefficient (Wildman–Crippen LogP) is -2.03. The maximum Gasteiger partial charge on any atom is 0.196 e. The van der Waals surface area contributed by atoms with Gasteiger partial charge in [-0.05, 0) is 12.2 Å². The average molecular weight is 170 g/mol. The fraction of sp³-hybridized carbons (Fsp3) is 0.125. The topological polar surface area (TPSA) is 26.3 Å². The first-order valence-electron chi connectivity index (χ1n) is 3.05. The Labute approximate surface area is 70.6 Å². The molecule has 2 aliphatic rings. The van der Waals surface area contributed by atoms with E-state index >= 15 is 0 Å². The maximum absolute atomic E-state index is 11.1. The van der Waals surface area contributed by atoms with Gasteiger partial charge in [0, 0.05) is 5.57 Å². The lowest BCUT2D eigenvalue weighted by atomic mass is 10.2. The molecule has 0 unspecified atom stereocenters. The van der Waals surface area contributed by atoms with E-state index in [-0.39, 0.29) is 18.2 Å². The van der Waals surface area contributed by atoms with E-state index in [2.05, 4.69) is 0 Å². The molecule has 0 aromatic carbocycles. The molecule has 3 heteroatoms. The summed E-state index contributed by atoms with van der Waals surface area (Å²) in [7, 11) is 1.57. The Hall–Kier alpha value is -1.02. The Bertz CT molecular complexity index is 297. The van der Waals surface area contributed by atoms with Gasteiger partial charge in [0.1, 0.15) is 5.76 Å². The van der Waals surface area contributed by atoms with E-state index in [0.29, 0.717) is 11.3 Å². The van der Waals surface area contributed by atoms with Crippen molar-refractivity contribution in [3.8, 4) is 0 Å². The lowest BCUT2D eigenvalue weighted by molar-refractivity contribution is -0.111. The first kappa shape index (κ1) is 8.08. The van der Waals surface area contributed by atoms with Crippen LogP contribution in [-0.4, -0.2) is 12.9 Å². The summed E-state index contributed by atoms with van der Waals surface area (Å²) in [6, 6.07) is 0. The first-order valence-corrected chi connectivity index (χ1v) is 3.05. The van der Waals surface area contributed by atoms with Crippen LogP contribution in [0, 0.1) is 0 Å². The SMILES string of the molecule is COC1=C2C=CC(=C1)C2=O.[Cl-]. The van der Waals surface area contributed by atoms with Crippen molar-refractivity contribution in [1.29, 1.82) is 0 Å². The molecule has 0 saturated carbocycles. The van der Waals surface area contributed by atoms with Gasteiger partial charge in [-0.25, -0.2) is 0 Å². The number of halogens is 1. The van der Waals surface area contributed by atoms with Crippen LogP contribution in [0.3, 0.4) is 0 Å². The van der Waals surface area contributed by atoms with Crippen LogP contribution in [0.25, 0.3) is 0 Å². The monoisotopic (exact) mass is 169 g/mol. The van der Waals surface area contributed by atoms with E-state index in [1.54, 1.807) is 25.3 Å². The number of Topliss-reactive ketones (excluding diaryl/α,β-unsaturated/α-hetero) is 1. The van der Waals surface area contributed by atoms with Gasteiger partial charge in [0.25, 0.3) is 0 Å². The molecular weight excluding hydrogens is 164 g/mol. The van der Waals surface area contributed by atoms with E-state index in [1.165, 1.54) is 0 Å². The third-order valence-electron chi connectivity index (χ3n) is 1.71. The van der Waals surface area contributed by atoms with Crippen LogP contribution in [0.5, 0.6) is 0 Å². The van der Waals surface area contributed by atoms with Crippen molar-refractivity contribution in [2.45, 2.75) is 0 Å². The highest BCUT2D eigenvalue weighted by Gasteiger charge is 2.27. The number of carbonyl (C=O) groups excluding carboxylic acids is 1. The van der Waals surface area contributed by atoms with E-state index < -0.39 is 0 Å². The smallest absolute Gasteiger partial charge is 0.196 e. The number of rotatable bonds is 1. The number of hydrogen-bond acceptors (Lipinski definition) is 2. The van der Waals surface area contributed by atoms with Crippen LogP contribution >= 0.6 is 0 Å². The quantitative estimate of drug-likeness (QED) is 0.453. The first-order chi connectivity index (χ1) is 4.83. The van der Waals surface area contributed by atoms with Crippen molar-refractivity contribution in [2.75, 3.05) is 7.11 Å². The van der Waals surface area contributed by atoms with Gasteiger partial charge in [0.2, 0.25) is 0 Å². The molecule has 2 nitrogen and oxygen atoms in total. The van der Waals surface area contributed by atoms with Gasteiger partial charge in [-0.3, -0.25) is 4.79 Å². The molecule has 2 rings (SSSR count). The summed E-state index contributed by atoms with van der Waals surface area (Å²) >= 11 is 0. The van der Waals surface area contributed by atoms with Crippen molar-refractivity contribution in [1.82, 2.24) is 0 Å². The van der Waals surface area contributed by atoms with E-state index in [9.17, 15) is 4.79 Å². The van der Waals surface area contributed by atoms with Crippen LogP contribution in [0.15, 0.2) is 35.1 Å². The summed E-state index contributed by atoms with van der Waals surface area (Å²) in [5.41, 5.74) is 1.43. The molecule has 0 amide bonds. The number of carbonyl (C=O) groups is 1. The van der Waals surface area contributed by atoms with Crippen LogP contribution < -0.4 is 12.4 Å². The highest BCUT2D eigenvalue weighted by Crippen LogP contribution is 2.29. The summed E-state index contributed by atoms with van der Waals surface area (Å²) in [5.74, 6) is 0.791. The van der Waals surface area contributed by atoms with Gasteiger partial charge in [0.15, 0.2) is 5.78 Å². The molecule has 2 bridgehead atoms. The molecule has 0 radical (unpaired) electrons. The Morgan fingerprint density at radius 3 is 2.36 bits per heavy atom. The minimum atomic E-state index is 0. The molecule has 0 N–H and O–H groups in total. The molecule has 0 heterocycles. The number of hydrogen-bond donors (Lipinski definition) is 0. The van der Waals surface area contributed by atoms with E-state index in [0.717, 1.165) is 5.57 Å². The second-order valence-corrected chi connectivity index (χ2v) is 2.24. The minimum Gasteiger partial charge on any atom is -1.00 e. The second-order valence-electron chi connectivity index (χ2n) is 2.24. The number of methoxy groups -OCH3 is 1. The summed E-state index contributed by atoms with van der Waals surface area (Å²) < 4.78 is 4.95. The van der Waals surface area contributed by atoms with Gasteiger partial charge >= 0.3 is 0 Å². The zero-order valence-electron chi connectivity index (χ0n) is 5.93.